The van der Waals surface area contributed by atoms with Crippen molar-refractivity contribution in [1.29, 1.82) is 0 Å². The van der Waals surface area contributed by atoms with Gasteiger partial charge in [-0.3, -0.25) is 14.5 Å². The third-order valence-corrected chi connectivity index (χ3v) is 4.67. The number of rotatable bonds is 3. The number of ether oxygens (including phenoxy) is 1. The predicted molar refractivity (Wildman–Crippen MR) is 74.8 cm³/mol. The average molecular weight is 280 g/mol. The molecule has 0 aliphatic carbocycles. The van der Waals surface area contributed by atoms with Crippen LogP contribution in [0, 0.1) is 17.8 Å². The van der Waals surface area contributed by atoms with Gasteiger partial charge in [0.2, 0.25) is 0 Å². The lowest BCUT2D eigenvalue weighted by Gasteiger charge is -2.36. The maximum absolute atomic E-state index is 12.6. The summed E-state index contributed by atoms with van der Waals surface area (Å²) in [5, 5.41) is 1.58. The molecule has 3 saturated heterocycles. The summed E-state index contributed by atoms with van der Waals surface area (Å²) in [6, 6.07) is 0. The van der Waals surface area contributed by atoms with Gasteiger partial charge in [-0.1, -0.05) is 6.08 Å². The Balaban J connectivity index is 1.66. The van der Waals surface area contributed by atoms with Crippen LogP contribution in [0.2, 0.25) is 0 Å². The molecule has 3 aliphatic rings. The zero-order valence-electron chi connectivity index (χ0n) is 12.0. The zero-order chi connectivity index (χ0) is 13.9. The summed E-state index contributed by atoms with van der Waals surface area (Å²) in [6.07, 6.45) is 4.02. The number of hydroxylamine groups is 2. The predicted octanol–water partition coefficient (Wildman–Crippen LogP) is 0.921. The molecule has 0 aromatic heterocycles. The third-order valence-electron chi connectivity index (χ3n) is 4.67. The molecule has 3 fully saturated rings. The van der Waals surface area contributed by atoms with Crippen molar-refractivity contribution in [2.75, 3.05) is 46.0 Å². The molecule has 0 N–H and O–H groups in total. The maximum atomic E-state index is 12.6. The second-order valence-electron chi connectivity index (χ2n) is 6.06. The van der Waals surface area contributed by atoms with E-state index in [-0.39, 0.29) is 11.8 Å². The smallest absolute Gasteiger partial charge is 0.251 e. The van der Waals surface area contributed by atoms with Crippen LogP contribution < -0.4 is 0 Å². The minimum Gasteiger partial charge on any atom is -0.380 e. The lowest BCUT2D eigenvalue weighted by Crippen LogP contribution is -2.47. The van der Waals surface area contributed by atoms with Gasteiger partial charge in [0.25, 0.3) is 5.91 Å². The van der Waals surface area contributed by atoms with Crippen LogP contribution in [0.3, 0.4) is 0 Å². The minimum absolute atomic E-state index is 0.0401. The summed E-state index contributed by atoms with van der Waals surface area (Å²) in [5.74, 6) is 0.964. The number of carbonyl (C=O) groups is 1. The molecule has 5 heteroatoms. The van der Waals surface area contributed by atoms with Gasteiger partial charge in [0.05, 0.1) is 25.7 Å². The summed E-state index contributed by atoms with van der Waals surface area (Å²) >= 11 is 0. The Kier molecular flexibility index (Phi) is 4.38. The Bertz CT molecular complexity index is 368. The number of carbonyl (C=O) groups excluding carboxylic acids is 1. The second kappa shape index (κ2) is 6.24. The van der Waals surface area contributed by atoms with E-state index in [4.69, 9.17) is 9.57 Å². The van der Waals surface area contributed by atoms with E-state index in [2.05, 4.69) is 11.5 Å². The van der Waals surface area contributed by atoms with E-state index in [0.29, 0.717) is 25.0 Å². The first-order valence-electron chi connectivity index (χ1n) is 7.65. The number of hydrogen-bond donors (Lipinski definition) is 0. The highest BCUT2D eigenvalue weighted by Gasteiger charge is 2.45. The number of hydrogen-bond acceptors (Lipinski definition) is 4. The number of nitrogens with zero attached hydrogens (tertiary/aromatic N) is 2. The molecule has 0 unspecified atom stereocenters. The van der Waals surface area contributed by atoms with Crippen LogP contribution >= 0.6 is 0 Å². The molecule has 0 spiro atoms. The monoisotopic (exact) mass is 280 g/mol. The van der Waals surface area contributed by atoms with Crippen molar-refractivity contribution < 1.29 is 14.4 Å². The Hall–Kier alpha value is -0.910. The Morgan fingerprint density at radius 2 is 2.20 bits per heavy atom. The maximum Gasteiger partial charge on any atom is 0.251 e. The van der Waals surface area contributed by atoms with Crippen LogP contribution in [0.5, 0.6) is 0 Å². The summed E-state index contributed by atoms with van der Waals surface area (Å²) in [6.45, 7) is 9.40. The fraction of sp³-hybridized carbons (Fsp3) is 0.800. The van der Waals surface area contributed by atoms with Gasteiger partial charge in [-0.25, -0.2) is 5.06 Å². The van der Waals surface area contributed by atoms with E-state index in [9.17, 15) is 4.79 Å². The Morgan fingerprint density at radius 1 is 1.30 bits per heavy atom. The van der Waals surface area contributed by atoms with Crippen molar-refractivity contribution in [3.63, 3.8) is 0 Å². The zero-order valence-corrected chi connectivity index (χ0v) is 12.0. The highest BCUT2D eigenvalue weighted by molar-refractivity contribution is 5.78. The van der Waals surface area contributed by atoms with E-state index in [1.807, 2.05) is 6.08 Å². The molecule has 20 heavy (non-hydrogen) atoms. The Morgan fingerprint density at radius 3 is 2.95 bits per heavy atom. The SMILES string of the molecule is C=CCN1C[C@H]2COC[C@@H](C(=O)N3CCCCO3)[C@H]2C1. The van der Waals surface area contributed by atoms with Gasteiger partial charge in [-0.15, -0.1) is 6.58 Å². The highest BCUT2D eigenvalue weighted by atomic mass is 16.7. The standard InChI is InChI=1S/C15H24N2O3/c1-2-5-16-8-12-10-19-11-14(13(12)9-16)15(18)17-6-3-4-7-20-17/h2,12-14H,1,3-11H2/t12-,13-,14+/m0/s1. The molecular weight excluding hydrogens is 256 g/mol. The third kappa shape index (κ3) is 2.75. The van der Waals surface area contributed by atoms with Gasteiger partial charge in [-0.05, 0) is 24.7 Å². The van der Waals surface area contributed by atoms with Crippen molar-refractivity contribution in [1.82, 2.24) is 9.96 Å². The van der Waals surface area contributed by atoms with Crippen LogP contribution in [0.15, 0.2) is 12.7 Å². The largest absolute Gasteiger partial charge is 0.380 e. The first-order chi connectivity index (χ1) is 9.79. The normalized spacial score (nSPS) is 34.8. The van der Waals surface area contributed by atoms with E-state index in [1.165, 1.54) is 0 Å². The van der Waals surface area contributed by atoms with Crippen molar-refractivity contribution >= 4 is 5.91 Å². The summed E-state index contributed by atoms with van der Waals surface area (Å²) in [5.41, 5.74) is 0. The Labute approximate surface area is 120 Å². The van der Waals surface area contributed by atoms with Gasteiger partial charge >= 0.3 is 0 Å². The quantitative estimate of drug-likeness (QED) is 0.721. The average Bonchev–Trinajstić information content (AvgIpc) is 2.90. The molecule has 0 saturated carbocycles. The van der Waals surface area contributed by atoms with Crippen LogP contribution in [0.1, 0.15) is 12.8 Å². The molecule has 1 amide bonds. The lowest BCUT2D eigenvalue weighted by atomic mass is 9.82. The van der Waals surface area contributed by atoms with E-state index >= 15 is 0 Å². The molecule has 3 heterocycles. The summed E-state index contributed by atoms with van der Waals surface area (Å²) in [7, 11) is 0. The van der Waals surface area contributed by atoms with Gasteiger partial charge in [-0.2, -0.15) is 0 Å². The molecule has 0 aromatic carbocycles. The van der Waals surface area contributed by atoms with Crippen molar-refractivity contribution in [2.24, 2.45) is 17.8 Å². The number of amides is 1. The molecule has 5 nitrogen and oxygen atoms in total. The molecule has 0 radical (unpaired) electrons. The summed E-state index contributed by atoms with van der Waals surface area (Å²) in [4.78, 5) is 20.5. The molecule has 3 aliphatic heterocycles. The van der Waals surface area contributed by atoms with Crippen molar-refractivity contribution in [3.05, 3.63) is 12.7 Å². The fourth-order valence-corrected chi connectivity index (χ4v) is 3.63. The van der Waals surface area contributed by atoms with Crippen LogP contribution in [-0.4, -0.2) is 61.9 Å². The highest BCUT2D eigenvalue weighted by Crippen LogP contribution is 2.35. The van der Waals surface area contributed by atoms with Gasteiger partial charge in [0.15, 0.2) is 0 Å². The molecule has 112 valence electrons. The molecule has 0 bridgehead atoms. The minimum atomic E-state index is -0.0401. The number of likely N-dealkylation sites (tertiary alicyclic amines) is 1. The molecule has 3 rings (SSSR count). The van der Waals surface area contributed by atoms with E-state index in [0.717, 1.165) is 45.6 Å². The van der Waals surface area contributed by atoms with Crippen molar-refractivity contribution in [2.45, 2.75) is 12.8 Å². The molecule has 3 atom stereocenters. The number of fused-ring (bicyclic) bond motifs is 1. The van der Waals surface area contributed by atoms with E-state index in [1.54, 1.807) is 5.06 Å². The fourth-order valence-electron chi connectivity index (χ4n) is 3.63. The first-order valence-corrected chi connectivity index (χ1v) is 7.65. The second-order valence-corrected chi connectivity index (χ2v) is 6.06. The lowest BCUT2D eigenvalue weighted by molar-refractivity contribution is -0.207. The van der Waals surface area contributed by atoms with Crippen LogP contribution in [-0.2, 0) is 14.4 Å². The van der Waals surface area contributed by atoms with Gasteiger partial charge < -0.3 is 4.74 Å². The molecular formula is C15H24N2O3. The topological polar surface area (TPSA) is 42.0 Å². The van der Waals surface area contributed by atoms with Gasteiger partial charge in [0, 0.05) is 26.2 Å². The first kappa shape index (κ1) is 14.0. The van der Waals surface area contributed by atoms with Gasteiger partial charge in [0.1, 0.15) is 0 Å². The summed E-state index contributed by atoms with van der Waals surface area (Å²) < 4.78 is 5.68. The van der Waals surface area contributed by atoms with Crippen LogP contribution in [0.25, 0.3) is 0 Å². The van der Waals surface area contributed by atoms with Crippen LogP contribution in [0.4, 0.5) is 0 Å². The van der Waals surface area contributed by atoms with Crippen molar-refractivity contribution in [3.8, 4) is 0 Å². The van der Waals surface area contributed by atoms with E-state index < -0.39 is 0 Å². The molecule has 0 aromatic rings.